The number of likely N-dealkylation sites (N-methyl/N-ethyl adjacent to an activating group) is 1. The van der Waals surface area contributed by atoms with Gasteiger partial charge in [-0.1, -0.05) is 30.3 Å². The normalized spacial score (nSPS) is 20.9. The highest BCUT2D eigenvalue weighted by Crippen LogP contribution is 2.29. The third-order valence-electron chi connectivity index (χ3n) is 5.55. The van der Waals surface area contributed by atoms with Crippen molar-refractivity contribution in [1.82, 2.24) is 10.2 Å². The monoisotopic (exact) mass is 378 g/mol. The van der Waals surface area contributed by atoms with E-state index in [-0.39, 0.29) is 17.9 Å². The van der Waals surface area contributed by atoms with Crippen LogP contribution in [0.3, 0.4) is 0 Å². The fourth-order valence-electron chi connectivity index (χ4n) is 4.15. The molecule has 0 bridgehead atoms. The highest BCUT2D eigenvalue weighted by molar-refractivity contribution is 5.98. The molecular formula is C22H26N4O2. The third-order valence-corrected chi connectivity index (χ3v) is 5.55. The molecule has 2 aliphatic rings. The van der Waals surface area contributed by atoms with Crippen LogP contribution < -0.4 is 16.0 Å². The summed E-state index contributed by atoms with van der Waals surface area (Å²) >= 11 is 0. The van der Waals surface area contributed by atoms with Crippen molar-refractivity contribution in [2.45, 2.75) is 38.5 Å². The standard InChI is InChI=1S/C22H26N4O2/c1-2-24-21(27)20-11-18(23)14-26(20)22(28)15-8-5-9-19(10-15)25-12-16-6-3-4-7-17(16)13-25/h3-10,18,20H,2,11-14,23H2,1H3,(H,24,27)/t18-,20+/m1/s1. The molecule has 2 aromatic rings. The number of benzene rings is 2. The lowest BCUT2D eigenvalue weighted by Gasteiger charge is -2.24. The summed E-state index contributed by atoms with van der Waals surface area (Å²) in [5, 5.41) is 2.81. The number of carbonyl (C=O) groups excluding carboxylic acids is 2. The predicted molar refractivity (Wildman–Crippen MR) is 109 cm³/mol. The van der Waals surface area contributed by atoms with Gasteiger partial charge in [-0.15, -0.1) is 0 Å². The second kappa shape index (κ2) is 7.64. The smallest absolute Gasteiger partial charge is 0.254 e. The number of nitrogens with one attached hydrogen (secondary N) is 1. The van der Waals surface area contributed by atoms with Gasteiger partial charge in [-0.25, -0.2) is 0 Å². The highest BCUT2D eigenvalue weighted by atomic mass is 16.2. The summed E-state index contributed by atoms with van der Waals surface area (Å²) in [6.07, 6.45) is 0.499. The zero-order valence-electron chi connectivity index (χ0n) is 16.1. The van der Waals surface area contributed by atoms with Gasteiger partial charge >= 0.3 is 0 Å². The number of fused-ring (bicyclic) bond motifs is 1. The fourth-order valence-corrected chi connectivity index (χ4v) is 4.15. The van der Waals surface area contributed by atoms with Gasteiger partial charge in [-0.05, 0) is 42.7 Å². The van der Waals surface area contributed by atoms with Crippen LogP contribution in [-0.4, -0.2) is 41.9 Å². The van der Waals surface area contributed by atoms with Crippen LogP contribution in [-0.2, 0) is 17.9 Å². The van der Waals surface area contributed by atoms with Gasteiger partial charge in [0.05, 0.1) is 0 Å². The lowest BCUT2D eigenvalue weighted by atomic mass is 10.1. The van der Waals surface area contributed by atoms with E-state index in [1.165, 1.54) is 11.1 Å². The molecule has 6 heteroatoms. The number of anilines is 1. The van der Waals surface area contributed by atoms with Gasteiger partial charge in [0.2, 0.25) is 5.91 Å². The Kier molecular flexibility index (Phi) is 5.05. The molecule has 2 aromatic carbocycles. The van der Waals surface area contributed by atoms with E-state index >= 15 is 0 Å². The van der Waals surface area contributed by atoms with E-state index in [4.69, 9.17) is 5.73 Å². The van der Waals surface area contributed by atoms with Gasteiger partial charge in [0.15, 0.2) is 0 Å². The summed E-state index contributed by atoms with van der Waals surface area (Å²) in [6, 6.07) is 15.4. The molecule has 1 saturated heterocycles. The van der Waals surface area contributed by atoms with Crippen molar-refractivity contribution < 1.29 is 9.59 Å². The summed E-state index contributed by atoms with van der Waals surface area (Å²) in [5.74, 6) is -0.266. The lowest BCUT2D eigenvalue weighted by Crippen LogP contribution is -2.46. The average molecular weight is 378 g/mol. The van der Waals surface area contributed by atoms with Crippen molar-refractivity contribution in [3.63, 3.8) is 0 Å². The minimum Gasteiger partial charge on any atom is -0.363 e. The van der Waals surface area contributed by atoms with Crippen molar-refractivity contribution in [2.24, 2.45) is 5.73 Å². The molecule has 2 amide bonds. The van der Waals surface area contributed by atoms with E-state index in [2.05, 4.69) is 34.5 Å². The van der Waals surface area contributed by atoms with Gasteiger partial charge in [0.1, 0.15) is 6.04 Å². The molecule has 0 radical (unpaired) electrons. The molecule has 0 aliphatic carbocycles. The molecule has 6 nitrogen and oxygen atoms in total. The molecule has 3 N–H and O–H groups in total. The first kappa shape index (κ1) is 18.5. The summed E-state index contributed by atoms with van der Waals surface area (Å²) in [4.78, 5) is 29.4. The van der Waals surface area contributed by atoms with Gasteiger partial charge in [0, 0.05) is 43.5 Å². The van der Waals surface area contributed by atoms with E-state index in [0.717, 1.165) is 18.8 Å². The van der Waals surface area contributed by atoms with Crippen LogP contribution >= 0.6 is 0 Å². The van der Waals surface area contributed by atoms with Crippen molar-refractivity contribution in [3.8, 4) is 0 Å². The Morgan fingerprint density at radius 2 is 1.82 bits per heavy atom. The first-order chi connectivity index (χ1) is 13.6. The number of hydrogen-bond donors (Lipinski definition) is 2. The van der Waals surface area contributed by atoms with Crippen LogP contribution in [0.2, 0.25) is 0 Å². The molecule has 1 fully saturated rings. The fraction of sp³-hybridized carbons (Fsp3) is 0.364. The Hall–Kier alpha value is -2.86. The van der Waals surface area contributed by atoms with Crippen molar-refractivity contribution in [3.05, 3.63) is 65.2 Å². The number of nitrogens with two attached hydrogens (primary N) is 1. The molecule has 2 heterocycles. The van der Waals surface area contributed by atoms with E-state index in [1.54, 1.807) is 4.90 Å². The summed E-state index contributed by atoms with van der Waals surface area (Å²) in [6.45, 7) is 4.49. The average Bonchev–Trinajstić information content (AvgIpc) is 3.31. The second-order valence-electron chi connectivity index (χ2n) is 7.54. The number of nitrogens with zero attached hydrogens (tertiary/aromatic N) is 2. The minimum absolute atomic E-state index is 0.130. The first-order valence-electron chi connectivity index (χ1n) is 9.83. The molecule has 2 atom stereocenters. The number of carbonyl (C=O) groups is 2. The first-order valence-corrected chi connectivity index (χ1v) is 9.83. The van der Waals surface area contributed by atoms with E-state index in [0.29, 0.717) is 25.1 Å². The SMILES string of the molecule is CCNC(=O)[C@@H]1C[C@@H](N)CN1C(=O)c1cccc(N2Cc3ccccc3C2)c1. The maximum absolute atomic E-state index is 13.2. The number of amides is 2. The van der Waals surface area contributed by atoms with Crippen molar-refractivity contribution >= 4 is 17.5 Å². The summed E-state index contributed by atoms with van der Waals surface area (Å²) < 4.78 is 0. The summed E-state index contributed by atoms with van der Waals surface area (Å²) in [5.41, 5.74) is 10.3. The Bertz CT molecular complexity index is 873. The van der Waals surface area contributed by atoms with Crippen LogP contribution in [0.4, 0.5) is 5.69 Å². The number of likely N-dealkylation sites (tertiary alicyclic amines) is 1. The zero-order chi connectivity index (χ0) is 19.7. The minimum atomic E-state index is -0.498. The largest absolute Gasteiger partial charge is 0.363 e. The molecule has 0 saturated carbocycles. The Morgan fingerprint density at radius 1 is 1.11 bits per heavy atom. The highest BCUT2D eigenvalue weighted by Gasteiger charge is 2.38. The molecule has 146 valence electrons. The molecule has 0 aromatic heterocycles. The predicted octanol–water partition coefficient (Wildman–Crippen LogP) is 1.88. The molecular weight excluding hydrogens is 352 g/mol. The van der Waals surface area contributed by atoms with Crippen molar-refractivity contribution in [1.29, 1.82) is 0 Å². The Balaban J connectivity index is 1.54. The topological polar surface area (TPSA) is 78.7 Å². The number of hydrogen-bond acceptors (Lipinski definition) is 4. The molecule has 28 heavy (non-hydrogen) atoms. The van der Waals surface area contributed by atoms with E-state index in [1.807, 2.05) is 31.2 Å². The van der Waals surface area contributed by atoms with Gasteiger partial charge < -0.3 is 20.9 Å². The quantitative estimate of drug-likeness (QED) is 0.852. The lowest BCUT2D eigenvalue weighted by molar-refractivity contribution is -0.124. The van der Waals surface area contributed by atoms with Gasteiger partial charge in [0.25, 0.3) is 5.91 Å². The molecule has 0 spiro atoms. The van der Waals surface area contributed by atoms with Gasteiger partial charge in [-0.2, -0.15) is 0 Å². The van der Waals surface area contributed by atoms with Crippen LogP contribution in [0.25, 0.3) is 0 Å². The van der Waals surface area contributed by atoms with Crippen molar-refractivity contribution in [2.75, 3.05) is 18.0 Å². The van der Waals surface area contributed by atoms with Gasteiger partial charge in [-0.3, -0.25) is 9.59 Å². The Labute approximate surface area is 165 Å². The summed E-state index contributed by atoms with van der Waals surface area (Å²) in [7, 11) is 0. The van der Waals surface area contributed by atoms with E-state index in [9.17, 15) is 9.59 Å². The van der Waals surface area contributed by atoms with Crippen LogP contribution in [0, 0.1) is 0 Å². The van der Waals surface area contributed by atoms with Crippen LogP contribution in [0.15, 0.2) is 48.5 Å². The molecule has 2 aliphatic heterocycles. The third kappa shape index (κ3) is 3.47. The van der Waals surface area contributed by atoms with Crippen LogP contribution in [0.5, 0.6) is 0 Å². The Morgan fingerprint density at radius 3 is 2.50 bits per heavy atom. The molecule has 4 rings (SSSR count). The maximum atomic E-state index is 13.2. The zero-order valence-corrected chi connectivity index (χ0v) is 16.1. The van der Waals surface area contributed by atoms with E-state index < -0.39 is 6.04 Å². The van der Waals surface area contributed by atoms with Crippen LogP contribution in [0.1, 0.15) is 34.8 Å². The maximum Gasteiger partial charge on any atom is 0.254 e. The molecule has 0 unspecified atom stereocenters. The second-order valence-corrected chi connectivity index (χ2v) is 7.54. The number of rotatable bonds is 4.